The molecule has 0 radical (unpaired) electrons. The van der Waals surface area contributed by atoms with Crippen molar-refractivity contribution in [3.8, 4) is 45.4 Å². The minimum Gasteiger partial charge on any atom is -0.453 e. The summed E-state index contributed by atoms with van der Waals surface area (Å²) in [6.07, 6.45) is 0. The maximum absolute atomic E-state index is 6.47. The van der Waals surface area contributed by atoms with E-state index < -0.39 is 0 Å². The Balaban J connectivity index is 1.15. The van der Waals surface area contributed by atoms with E-state index in [0.717, 1.165) is 56.4 Å². The van der Waals surface area contributed by atoms with E-state index in [9.17, 15) is 0 Å². The SMILES string of the molecule is c1ccc(-c2nc3cccc4c3n2-c2ccc(-c3ccc(-n5c6ccccc6c6ccccc65)cc3)cc2O4)cc1. The summed E-state index contributed by atoms with van der Waals surface area (Å²) in [7, 11) is 0. The van der Waals surface area contributed by atoms with Crippen LogP contribution >= 0.6 is 0 Å². The van der Waals surface area contributed by atoms with E-state index in [2.05, 4.69) is 124 Å². The molecule has 0 saturated heterocycles. The van der Waals surface area contributed by atoms with Crippen LogP contribution in [0, 0.1) is 0 Å². The average Bonchev–Trinajstić information content (AvgIpc) is 3.59. The van der Waals surface area contributed by atoms with Gasteiger partial charge in [-0.1, -0.05) is 91.0 Å². The van der Waals surface area contributed by atoms with Crippen LogP contribution in [0.2, 0.25) is 0 Å². The van der Waals surface area contributed by atoms with E-state index in [1.165, 1.54) is 21.8 Å². The van der Waals surface area contributed by atoms with Crippen molar-refractivity contribution < 1.29 is 4.74 Å². The highest BCUT2D eigenvalue weighted by atomic mass is 16.5. The summed E-state index contributed by atoms with van der Waals surface area (Å²) < 4.78 is 11.0. The molecule has 1 aliphatic rings. The predicted molar refractivity (Wildman–Crippen MR) is 166 cm³/mol. The third-order valence-corrected chi connectivity index (χ3v) is 8.13. The fourth-order valence-electron chi connectivity index (χ4n) is 6.28. The van der Waals surface area contributed by atoms with Crippen LogP contribution in [0.4, 0.5) is 0 Å². The number of nitrogens with zero attached hydrogens (tertiary/aromatic N) is 3. The van der Waals surface area contributed by atoms with Crippen LogP contribution in [0.5, 0.6) is 11.5 Å². The topological polar surface area (TPSA) is 32.0 Å². The minimum absolute atomic E-state index is 0.823. The molecule has 0 N–H and O–H groups in total. The third-order valence-electron chi connectivity index (χ3n) is 8.13. The molecule has 41 heavy (non-hydrogen) atoms. The monoisotopic (exact) mass is 525 g/mol. The zero-order valence-electron chi connectivity index (χ0n) is 22.0. The van der Waals surface area contributed by atoms with Gasteiger partial charge in [-0.2, -0.15) is 0 Å². The van der Waals surface area contributed by atoms with Gasteiger partial charge >= 0.3 is 0 Å². The summed E-state index contributed by atoms with van der Waals surface area (Å²) in [6, 6.07) is 48.9. The molecule has 0 bridgehead atoms. The molecule has 4 heteroatoms. The molecular formula is C37H23N3O. The Labute approximate surface area is 236 Å². The molecule has 0 amide bonds. The van der Waals surface area contributed by atoms with Gasteiger partial charge in [0.15, 0.2) is 11.5 Å². The predicted octanol–water partition coefficient (Wildman–Crippen LogP) is 9.56. The van der Waals surface area contributed by atoms with Crippen molar-refractivity contribution in [3.05, 3.63) is 140 Å². The quantitative estimate of drug-likeness (QED) is 0.230. The van der Waals surface area contributed by atoms with E-state index >= 15 is 0 Å². The third kappa shape index (κ3) is 3.25. The lowest BCUT2D eigenvalue weighted by Crippen LogP contribution is -2.06. The van der Waals surface area contributed by atoms with Crippen molar-refractivity contribution in [2.75, 3.05) is 0 Å². The number of para-hydroxylation sites is 3. The Morgan fingerprint density at radius 1 is 0.488 bits per heavy atom. The Bertz CT molecular complexity index is 2220. The highest BCUT2D eigenvalue weighted by Gasteiger charge is 2.25. The number of imidazole rings is 1. The Morgan fingerprint density at radius 3 is 1.93 bits per heavy atom. The van der Waals surface area contributed by atoms with Crippen LogP contribution in [0.1, 0.15) is 0 Å². The van der Waals surface area contributed by atoms with Gasteiger partial charge in [0, 0.05) is 22.0 Å². The second kappa shape index (κ2) is 8.44. The number of benzene rings is 6. The molecule has 9 rings (SSSR count). The van der Waals surface area contributed by atoms with Gasteiger partial charge in [0.2, 0.25) is 0 Å². The number of hydrogen-bond acceptors (Lipinski definition) is 2. The van der Waals surface area contributed by atoms with Crippen LogP contribution in [-0.4, -0.2) is 14.1 Å². The van der Waals surface area contributed by atoms with E-state index in [1.807, 2.05) is 24.3 Å². The molecule has 192 valence electrons. The second-order valence-corrected chi connectivity index (χ2v) is 10.5. The standard InChI is InChI=1S/C37H23N3O/c1-2-9-25(10-3-1)37-38-30-13-8-16-34-36(30)40(37)33-22-19-26(23-35(33)41-34)24-17-20-27(21-18-24)39-31-14-6-4-11-28(31)29-12-5-7-15-32(29)39/h1-23H. The zero-order chi connectivity index (χ0) is 26.9. The van der Waals surface area contributed by atoms with Gasteiger partial charge in [0.05, 0.1) is 22.2 Å². The van der Waals surface area contributed by atoms with E-state index in [-0.39, 0.29) is 0 Å². The summed E-state index contributed by atoms with van der Waals surface area (Å²) in [5.41, 5.74) is 9.81. The van der Waals surface area contributed by atoms with Crippen LogP contribution in [0.15, 0.2) is 140 Å². The van der Waals surface area contributed by atoms with Gasteiger partial charge in [-0.15, -0.1) is 0 Å². The number of ether oxygens (including phenoxy) is 1. The van der Waals surface area contributed by atoms with Gasteiger partial charge in [0.25, 0.3) is 0 Å². The van der Waals surface area contributed by atoms with Crippen molar-refractivity contribution in [3.63, 3.8) is 0 Å². The highest BCUT2D eigenvalue weighted by molar-refractivity contribution is 6.09. The number of fused-ring (bicyclic) bond motifs is 5. The zero-order valence-corrected chi connectivity index (χ0v) is 22.0. The lowest BCUT2D eigenvalue weighted by Gasteiger charge is -2.22. The van der Waals surface area contributed by atoms with Gasteiger partial charge < -0.3 is 9.30 Å². The Hall–Kier alpha value is -5.61. The minimum atomic E-state index is 0.823. The summed E-state index contributed by atoms with van der Waals surface area (Å²) in [5, 5.41) is 2.53. The van der Waals surface area contributed by atoms with Crippen molar-refractivity contribution in [1.82, 2.24) is 14.1 Å². The van der Waals surface area contributed by atoms with E-state index in [0.29, 0.717) is 0 Å². The molecule has 2 aromatic heterocycles. The van der Waals surface area contributed by atoms with E-state index in [4.69, 9.17) is 9.72 Å². The van der Waals surface area contributed by atoms with Crippen LogP contribution in [0.25, 0.3) is 66.7 Å². The second-order valence-electron chi connectivity index (χ2n) is 10.5. The van der Waals surface area contributed by atoms with Crippen molar-refractivity contribution in [1.29, 1.82) is 0 Å². The first-order valence-corrected chi connectivity index (χ1v) is 13.8. The summed E-state index contributed by atoms with van der Waals surface area (Å²) >= 11 is 0. The normalized spacial score (nSPS) is 12.1. The summed E-state index contributed by atoms with van der Waals surface area (Å²) in [4.78, 5) is 4.99. The smallest absolute Gasteiger partial charge is 0.153 e. The highest BCUT2D eigenvalue weighted by Crippen LogP contribution is 2.44. The molecule has 0 spiro atoms. The number of hydrogen-bond donors (Lipinski definition) is 0. The van der Waals surface area contributed by atoms with Crippen molar-refractivity contribution in [2.45, 2.75) is 0 Å². The fourth-order valence-corrected chi connectivity index (χ4v) is 6.28. The van der Waals surface area contributed by atoms with Crippen LogP contribution in [0.3, 0.4) is 0 Å². The van der Waals surface area contributed by atoms with E-state index in [1.54, 1.807) is 0 Å². The molecule has 3 heterocycles. The van der Waals surface area contributed by atoms with Crippen LogP contribution in [-0.2, 0) is 0 Å². The maximum atomic E-state index is 6.47. The molecule has 0 aliphatic carbocycles. The molecule has 8 aromatic rings. The largest absolute Gasteiger partial charge is 0.453 e. The Kier molecular flexibility index (Phi) is 4.58. The molecule has 4 nitrogen and oxygen atoms in total. The van der Waals surface area contributed by atoms with Gasteiger partial charge in [-0.05, 0) is 59.7 Å². The first-order chi connectivity index (χ1) is 20.3. The van der Waals surface area contributed by atoms with Gasteiger partial charge in [-0.25, -0.2) is 4.98 Å². The van der Waals surface area contributed by atoms with Gasteiger partial charge in [-0.3, -0.25) is 4.57 Å². The molecule has 6 aromatic carbocycles. The first kappa shape index (κ1) is 22.2. The molecule has 0 atom stereocenters. The molecular weight excluding hydrogens is 502 g/mol. The lowest BCUT2D eigenvalue weighted by atomic mass is 10.0. The molecule has 0 fully saturated rings. The number of rotatable bonds is 3. The first-order valence-electron chi connectivity index (χ1n) is 13.8. The molecule has 0 unspecified atom stereocenters. The molecule has 1 aliphatic heterocycles. The van der Waals surface area contributed by atoms with Crippen molar-refractivity contribution in [2.24, 2.45) is 0 Å². The summed E-state index contributed by atoms with van der Waals surface area (Å²) in [6.45, 7) is 0. The Morgan fingerprint density at radius 2 is 1.17 bits per heavy atom. The number of aromatic nitrogens is 3. The summed E-state index contributed by atoms with van der Waals surface area (Å²) in [5.74, 6) is 2.56. The van der Waals surface area contributed by atoms with Crippen molar-refractivity contribution >= 4 is 32.8 Å². The van der Waals surface area contributed by atoms with Gasteiger partial charge in [0.1, 0.15) is 11.3 Å². The molecule has 0 saturated carbocycles. The van der Waals surface area contributed by atoms with Crippen LogP contribution < -0.4 is 4.74 Å². The fraction of sp³-hybridized carbons (Fsp3) is 0. The maximum Gasteiger partial charge on any atom is 0.153 e. The lowest BCUT2D eigenvalue weighted by molar-refractivity contribution is 0.476. The average molecular weight is 526 g/mol.